The summed E-state index contributed by atoms with van der Waals surface area (Å²) in [7, 11) is 1.82. The zero-order valence-electron chi connectivity index (χ0n) is 12.2. The summed E-state index contributed by atoms with van der Waals surface area (Å²) in [6.45, 7) is 4.60. The van der Waals surface area contributed by atoms with Gasteiger partial charge in [0, 0.05) is 32.3 Å². The highest BCUT2D eigenvalue weighted by molar-refractivity contribution is 5.74. The molecule has 20 heavy (non-hydrogen) atoms. The molecule has 1 heterocycles. The van der Waals surface area contributed by atoms with Crippen molar-refractivity contribution < 1.29 is 14.7 Å². The van der Waals surface area contributed by atoms with Crippen LogP contribution in [0.25, 0.3) is 0 Å². The van der Waals surface area contributed by atoms with Crippen molar-refractivity contribution in [2.24, 2.45) is 7.05 Å². The Balaban J connectivity index is 2.45. The number of carbonyl (C=O) groups is 2. The lowest BCUT2D eigenvalue weighted by molar-refractivity contribution is -0.137. The van der Waals surface area contributed by atoms with Crippen LogP contribution < -0.4 is 5.32 Å². The van der Waals surface area contributed by atoms with Gasteiger partial charge in [-0.25, -0.2) is 4.79 Å². The second-order valence-corrected chi connectivity index (χ2v) is 4.92. The number of carbonyl (C=O) groups excluding carboxylic acids is 1. The Morgan fingerprint density at radius 2 is 2.20 bits per heavy atom. The van der Waals surface area contributed by atoms with Gasteiger partial charge in [0.05, 0.1) is 12.2 Å². The molecule has 1 aromatic rings. The average Bonchev–Trinajstić information content (AvgIpc) is 2.77. The first kappa shape index (κ1) is 16.0. The van der Waals surface area contributed by atoms with E-state index in [9.17, 15) is 9.59 Å². The minimum absolute atomic E-state index is 0.0209. The zero-order valence-corrected chi connectivity index (χ0v) is 12.2. The summed E-state index contributed by atoms with van der Waals surface area (Å²) in [6.07, 6.45) is 2.33. The van der Waals surface area contributed by atoms with Gasteiger partial charge in [-0.2, -0.15) is 5.10 Å². The van der Waals surface area contributed by atoms with E-state index in [-0.39, 0.29) is 18.5 Å². The number of urea groups is 1. The van der Waals surface area contributed by atoms with E-state index in [1.54, 1.807) is 9.58 Å². The van der Waals surface area contributed by atoms with Gasteiger partial charge < -0.3 is 15.3 Å². The van der Waals surface area contributed by atoms with Crippen LogP contribution in [0.3, 0.4) is 0 Å². The molecule has 1 aromatic heterocycles. The molecule has 1 rings (SSSR count). The highest BCUT2D eigenvalue weighted by atomic mass is 16.4. The number of hydrogen-bond acceptors (Lipinski definition) is 3. The predicted molar refractivity (Wildman–Crippen MR) is 74.2 cm³/mol. The number of nitrogens with zero attached hydrogens (tertiary/aromatic N) is 3. The standard InChI is InChI=1S/C13H22N4O3/c1-10(2)17(7-4-5-12(18)19)13(20)14-9-11-6-8-16(3)15-11/h6,8,10H,4-5,7,9H2,1-3H3,(H,14,20)(H,18,19). The van der Waals surface area contributed by atoms with Gasteiger partial charge in [0.1, 0.15) is 0 Å². The van der Waals surface area contributed by atoms with Crippen molar-refractivity contribution in [3.05, 3.63) is 18.0 Å². The lowest BCUT2D eigenvalue weighted by Crippen LogP contribution is -2.44. The Kier molecular flexibility index (Phi) is 6.02. The number of amides is 2. The SMILES string of the molecule is CC(C)N(CCCC(=O)O)C(=O)NCc1ccn(C)n1. The Bertz CT molecular complexity index is 456. The summed E-state index contributed by atoms with van der Waals surface area (Å²) in [5.74, 6) is -0.845. The van der Waals surface area contributed by atoms with Crippen LogP contribution in [-0.2, 0) is 18.4 Å². The molecule has 0 saturated heterocycles. The fourth-order valence-corrected chi connectivity index (χ4v) is 1.82. The number of hydrogen-bond donors (Lipinski definition) is 2. The van der Waals surface area contributed by atoms with Crippen LogP contribution in [0.15, 0.2) is 12.3 Å². The lowest BCUT2D eigenvalue weighted by atomic mass is 10.2. The summed E-state index contributed by atoms with van der Waals surface area (Å²) in [4.78, 5) is 24.2. The number of rotatable bonds is 7. The Labute approximate surface area is 118 Å². The Morgan fingerprint density at radius 1 is 1.50 bits per heavy atom. The molecule has 0 bridgehead atoms. The number of aliphatic carboxylic acids is 1. The van der Waals surface area contributed by atoms with Crippen molar-refractivity contribution in [1.29, 1.82) is 0 Å². The average molecular weight is 282 g/mol. The molecule has 2 N–H and O–H groups in total. The first-order chi connectivity index (χ1) is 9.40. The normalized spacial score (nSPS) is 10.6. The van der Waals surface area contributed by atoms with Crippen molar-refractivity contribution in [2.45, 2.75) is 39.3 Å². The minimum atomic E-state index is -0.845. The third-order valence-corrected chi connectivity index (χ3v) is 2.86. The monoisotopic (exact) mass is 282 g/mol. The second-order valence-electron chi connectivity index (χ2n) is 4.92. The van der Waals surface area contributed by atoms with E-state index in [0.29, 0.717) is 19.5 Å². The fourth-order valence-electron chi connectivity index (χ4n) is 1.82. The van der Waals surface area contributed by atoms with Crippen molar-refractivity contribution >= 4 is 12.0 Å². The Hall–Kier alpha value is -2.05. The van der Waals surface area contributed by atoms with Gasteiger partial charge in [0.2, 0.25) is 0 Å². The maximum absolute atomic E-state index is 12.1. The molecular weight excluding hydrogens is 260 g/mol. The van der Waals surface area contributed by atoms with Gasteiger partial charge in [0.25, 0.3) is 0 Å². The largest absolute Gasteiger partial charge is 0.481 e. The van der Waals surface area contributed by atoms with Crippen molar-refractivity contribution in [2.75, 3.05) is 6.54 Å². The third kappa shape index (κ3) is 5.29. The second kappa shape index (κ2) is 7.52. The highest BCUT2D eigenvalue weighted by Crippen LogP contribution is 2.03. The molecular formula is C13H22N4O3. The van der Waals surface area contributed by atoms with Gasteiger partial charge in [-0.1, -0.05) is 0 Å². The van der Waals surface area contributed by atoms with Gasteiger partial charge >= 0.3 is 12.0 Å². The molecule has 0 aliphatic rings. The van der Waals surface area contributed by atoms with E-state index in [1.165, 1.54) is 0 Å². The van der Waals surface area contributed by atoms with Crippen LogP contribution >= 0.6 is 0 Å². The Morgan fingerprint density at radius 3 is 2.70 bits per heavy atom. The van der Waals surface area contributed by atoms with Crippen molar-refractivity contribution in [1.82, 2.24) is 20.0 Å². The smallest absolute Gasteiger partial charge is 0.317 e. The quantitative estimate of drug-likeness (QED) is 0.786. The van der Waals surface area contributed by atoms with Crippen LogP contribution in [0.4, 0.5) is 4.79 Å². The molecule has 0 atom stereocenters. The molecule has 0 spiro atoms. The maximum atomic E-state index is 12.1. The molecule has 0 fully saturated rings. The number of aromatic nitrogens is 2. The van der Waals surface area contributed by atoms with Crippen LogP contribution in [-0.4, -0.2) is 44.4 Å². The molecule has 112 valence electrons. The molecule has 7 heteroatoms. The number of nitrogens with one attached hydrogen (secondary N) is 1. The van der Waals surface area contributed by atoms with Crippen molar-refractivity contribution in [3.63, 3.8) is 0 Å². The van der Waals surface area contributed by atoms with Crippen molar-refractivity contribution in [3.8, 4) is 0 Å². The maximum Gasteiger partial charge on any atom is 0.317 e. The molecule has 7 nitrogen and oxygen atoms in total. The number of carboxylic acid groups (broad SMARTS) is 1. The van der Waals surface area contributed by atoms with E-state index in [4.69, 9.17) is 5.11 Å². The predicted octanol–water partition coefficient (Wildman–Crippen LogP) is 1.20. The summed E-state index contributed by atoms with van der Waals surface area (Å²) in [6, 6.07) is 1.66. The molecule has 0 saturated carbocycles. The summed E-state index contributed by atoms with van der Waals surface area (Å²) in [5, 5.41) is 15.6. The molecule has 0 unspecified atom stereocenters. The number of carboxylic acids is 1. The van der Waals surface area contributed by atoms with Crippen LogP contribution in [0.1, 0.15) is 32.4 Å². The van der Waals surface area contributed by atoms with Gasteiger partial charge in [-0.05, 0) is 26.3 Å². The highest BCUT2D eigenvalue weighted by Gasteiger charge is 2.16. The minimum Gasteiger partial charge on any atom is -0.481 e. The summed E-state index contributed by atoms with van der Waals surface area (Å²) in [5.41, 5.74) is 0.787. The molecule has 0 aliphatic heterocycles. The topological polar surface area (TPSA) is 87.5 Å². The summed E-state index contributed by atoms with van der Waals surface area (Å²) >= 11 is 0. The third-order valence-electron chi connectivity index (χ3n) is 2.86. The van der Waals surface area contributed by atoms with E-state index >= 15 is 0 Å². The molecule has 0 aromatic carbocycles. The van der Waals surface area contributed by atoms with Crippen LogP contribution in [0.5, 0.6) is 0 Å². The first-order valence-corrected chi connectivity index (χ1v) is 6.65. The number of aryl methyl sites for hydroxylation is 1. The van der Waals surface area contributed by atoms with Crippen LogP contribution in [0, 0.1) is 0 Å². The van der Waals surface area contributed by atoms with E-state index in [0.717, 1.165) is 5.69 Å². The molecule has 0 radical (unpaired) electrons. The van der Waals surface area contributed by atoms with Gasteiger partial charge in [0.15, 0.2) is 0 Å². The van der Waals surface area contributed by atoms with Crippen LogP contribution in [0.2, 0.25) is 0 Å². The van der Waals surface area contributed by atoms with E-state index < -0.39 is 5.97 Å². The van der Waals surface area contributed by atoms with E-state index in [1.807, 2.05) is 33.2 Å². The summed E-state index contributed by atoms with van der Waals surface area (Å²) < 4.78 is 1.68. The molecule has 2 amide bonds. The lowest BCUT2D eigenvalue weighted by Gasteiger charge is -2.26. The zero-order chi connectivity index (χ0) is 15.1. The van der Waals surface area contributed by atoms with Gasteiger partial charge in [-0.15, -0.1) is 0 Å². The van der Waals surface area contributed by atoms with E-state index in [2.05, 4.69) is 10.4 Å². The first-order valence-electron chi connectivity index (χ1n) is 6.65. The molecule has 0 aliphatic carbocycles. The van der Waals surface area contributed by atoms with Gasteiger partial charge in [-0.3, -0.25) is 9.48 Å². The fraction of sp³-hybridized carbons (Fsp3) is 0.615.